The lowest BCUT2D eigenvalue weighted by Crippen LogP contribution is -2.15. The van der Waals surface area contributed by atoms with Gasteiger partial charge >= 0.3 is 5.97 Å². The van der Waals surface area contributed by atoms with Gasteiger partial charge in [0.05, 0.1) is 24.3 Å². The third-order valence-electron chi connectivity index (χ3n) is 4.17. The van der Waals surface area contributed by atoms with Crippen LogP contribution in [0, 0.1) is 6.92 Å². The Kier molecular flexibility index (Phi) is 7.57. The molecule has 0 unspecified atom stereocenters. The number of thiazole rings is 1. The summed E-state index contributed by atoms with van der Waals surface area (Å²) in [6, 6.07) is 14.5. The molecule has 3 rings (SSSR count). The molecule has 1 aromatic heterocycles. The highest BCUT2D eigenvalue weighted by molar-refractivity contribution is 7.09. The van der Waals surface area contributed by atoms with Crippen molar-refractivity contribution in [3.8, 4) is 5.75 Å². The average Bonchev–Trinajstić information content (AvgIpc) is 3.19. The van der Waals surface area contributed by atoms with Crippen LogP contribution in [0.25, 0.3) is 0 Å². The molecule has 1 heterocycles. The van der Waals surface area contributed by atoms with Crippen molar-refractivity contribution in [2.24, 2.45) is 0 Å². The fourth-order valence-corrected chi connectivity index (χ4v) is 3.32. The first kappa shape index (κ1) is 21.5. The molecule has 1 amide bonds. The summed E-state index contributed by atoms with van der Waals surface area (Å²) in [5, 5.41) is 5.49. The first-order valence-corrected chi connectivity index (χ1v) is 10.6. The summed E-state index contributed by atoms with van der Waals surface area (Å²) in [7, 11) is 0. The number of ether oxygens (including phenoxy) is 2. The molecular formula is C23H24N2O4S. The van der Waals surface area contributed by atoms with E-state index >= 15 is 0 Å². The minimum atomic E-state index is -0.363. The van der Waals surface area contributed by atoms with Gasteiger partial charge in [-0.15, -0.1) is 11.3 Å². The summed E-state index contributed by atoms with van der Waals surface area (Å²) in [5.74, 6) is 0.252. The normalized spacial score (nSPS) is 10.5. The van der Waals surface area contributed by atoms with Crippen molar-refractivity contribution in [2.75, 3.05) is 11.9 Å². The summed E-state index contributed by atoms with van der Waals surface area (Å²) in [6.07, 6.45) is 0.942. The molecule has 0 saturated heterocycles. The first-order chi connectivity index (χ1) is 14.5. The van der Waals surface area contributed by atoms with Gasteiger partial charge in [0.15, 0.2) is 0 Å². The van der Waals surface area contributed by atoms with Crippen LogP contribution in [0.5, 0.6) is 5.75 Å². The monoisotopic (exact) mass is 424 g/mol. The number of nitrogens with zero attached hydrogens (tertiary/aromatic N) is 1. The van der Waals surface area contributed by atoms with E-state index in [0.29, 0.717) is 30.2 Å². The largest absolute Gasteiger partial charge is 0.486 e. The minimum absolute atomic E-state index is 0.168. The Morgan fingerprint density at radius 3 is 2.50 bits per heavy atom. The Bertz CT molecular complexity index is 981. The quantitative estimate of drug-likeness (QED) is 0.500. The van der Waals surface area contributed by atoms with E-state index in [1.165, 1.54) is 16.9 Å². The summed E-state index contributed by atoms with van der Waals surface area (Å²) in [6.45, 7) is 4.72. The fourth-order valence-electron chi connectivity index (χ4n) is 2.61. The fraction of sp³-hybridized carbons (Fsp3) is 0.261. The zero-order valence-electron chi connectivity index (χ0n) is 17.0. The van der Waals surface area contributed by atoms with Gasteiger partial charge < -0.3 is 14.8 Å². The van der Waals surface area contributed by atoms with Crippen molar-refractivity contribution in [3.63, 3.8) is 0 Å². The Hall–Kier alpha value is -3.19. The Morgan fingerprint density at radius 2 is 1.80 bits per heavy atom. The molecule has 0 aliphatic rings. The molecule has 0 aliphatic heterocycles. The molecule has 0 radical (unpaired) electrons. The molecule has 0 fully saturated rings. The van der Waals surface area contributed by atoms with Gasteiger partial charge in [0.1, 0.15) is 17.4 Å². The SMILES string of the molecule is CCCOC(=O)c1ccc(NC(=O)Cc2csc(COc3ccc(C)cc3)n2)cc1. The van der Waals surface area contributed by atoms with E-state index < -0.39 is 0 Å². The van der Waals surface area contributed by atoms with Crippen molar-refractivity contribution in [2.45, 2.75) is 33.3 Å². The number of carbonyl (C=O) groups is 2. The highest BCUT2D eigenvalue weighted by atomic mass is 32.1. The molecule has 0 aliphatic carbocycles. The van der Waals surface area contributed by atoms with Crippen LogP contribution in [0.1, 0.15) is 40.0 Å². The summed E-state index contributed by atoms with van der Waals surface area (Å²) >= 11 is 1.46. The lowest BCUT2D eigenvalue weighted by atomic mass is 10.2. The zero-order chi connectivity index (χ0) is 21.3. The lowest BCUT2D eigenvalue weighted by molar-refractivity contribution is -0.115. The second-order valence-corrected chi connectivity index (χ2v) is 7.72. The molecule has 156 valence electrons. The molecule has 6 nitrogen and oxygen atoms in total. The molecule has 1 N–H and O–H groups in total. The van der Waals surface area contributed by atoms with Gasteiger partial charge in [-0.2, -0.15) is 0 Å². The summed E-state index contributed by atoms with van der Waals surface area (Å²) in [5.41, 5.74) is 2.94. The third-order valence-corrected chi connectivity index (χ3v) is 5.04. The molecule has 0 spiro atoms. The van der Waals surface area contributed by atoms with Crippen LogP contribution >= 0.6 is 11.3 Å². The number of amides is 1. The number of rotatable bonds is 9. The van der Waals surface area contributed by atoms with Crippen LogP contribution in [0.15, 0.2) is 53.9 Å². The zero-order valence-corrected chi connectivity index (χ0v) is 17.8. The minimum Gasteiger partial charge on any atom is -0.486 e. The molecular weight excluding hydrogens is 400 g/mol. The van der Waals surface area contributed by atoms with Crippen molar-refractivity contribution in [3.05, 3.63) is 75.7 Å². The second-order valence-electron chi connectivity index (χ2n) is 6.77. The van der Waals surface area contributed by atoms with Crippen LogP contribution in [0.3, 0.4) is 0 Å². The Labute approximate surface area is 179 Å². The molecule has 7 heteroatoms. The first-order valence-electron chi connectivity index (χ1n) is 9.73. The predicted octanol–water partition coefficient (Wildman–Crippen LogP) is 4.78. The lowest BCUT2D eigenvalue weighted by Gasteiger charge is -2.06. The van der Waals surface area contributed by atoms with Crippen LogP contribution in [0.4, 0.5) is 5.69 Å². The maximum atomic E-state index is 12.3. The van der Waals surface area contributed by atoms with E-state index in [4.69, 9.17) is 9.47 Å². The van der Waals surface area contributed by atoms with Crippen LogP contribution in [-0.4, -0.2) is 23.5 Å². The van der Waals surface area contributed by atoms with E-state index in [1.807, 2.05) is 43.5 Å². The predicted molar refractivity (Wildman–Crippen MR) is 117 cm³/mol. The highest BCUT2D eigenvalue weighted by Gasteiger charge is 2.10. The van der Waals surface area contributed by atoms with Crippen molar-refractivity contribution in [1.82, 2.24) is 4.98 Å². The van der Waals surface area contributed by atoms with E-state index in [9.17, 15) is 9.59 Å². The van der Waals surface area contributed by atoms with Gasteiger partial charge in [-0.3, -0.25) is 4.79 Å². The third kappa shape index (κ3) is 6.42. The Balaban J connectivity index is 1.48. The van der Waals surface area contributed by atoms with Gasteiger partial charge in [0.25, 0.3) is 0 Å². The maximum Gasteiger partial charge on any atom is 0.338 e. The van der Waals surface area contributed by atoms with Crippen molar-refractivity contribution in [1.29, 1.82) is 0 Å². The topological polar surface area (TPSA) is 77.5 Å². The van der Waals surface area contributed by atoms with E-state index in [-0.39, 0.29) is 18.3 Å². The van der Waals surface area contributed by atoms with Crippen LogP contribution < -0.4 is 10.1 Å². The van der Waals surface area contributed by atoms with E-state index in [1.54, 1.807) is 24.3 Å². The van der Waals surface area contributed by atoms with Crippen molar-refractivity contribution < 1.29 is 19.1 Å². The number of hydrogen-bond donors (Lipinski definition) is 1. The molecule has 3 aromatic rings. The molecule has 0 bridgehead atoms. The number of anilines is 1. The molecule has 2 aromatic carbocycles. The number of esters is 1. The average molecular weight is 425 g/mol. The molecule has 0 saturated carbocycles. The summed E-state index contributed by atoms with van der Waals surface area (Å²) in [4.78, 5) is 28.6. The number of hydrogen-bond acceptors (Lipinski definition) is 6. The van der Waals surface area contributed by atoms with Gasteiger partial charge in [-0.1, -0.05) is 24.6 Å². The standard InChI is InChI=1S/C23H24N2O4S/c1-3-12-28-23(27)17-6-8-18(9-7-17)24-21(26)13-19-15-30-22(25-19)14-29-20-10-4-16(2)5-11-20/h4-11,15H,3,12-14H2,1-2H3,(H,24,26). The van der Waals surface area contributed by atoms with Gasteiger partial charge in [-0.25, -0.2) is 9.78 Å². The number of nitrogens with one attached hydrogen (secondary N) is 1. The number of aromatic nitrogens is 1. The van der Waals surface area contributed by atoms with Crippen LogP contribution in [0.2, 0.25) is 0 Å². The van der Waals surface area contributed by atoms with Crippen LogP contribution in [-0.2, 0) is 22.6 Å². The van der Waals surface area contributed by atoms with Crippen molar-refractivity contribution >= 4 is 28.9 Å². The molecule has 0 atom stereocenters. The van der Waals surface area contributed by atoms with Gasteiger partial charge in [0, 0.05) is 11.1 Å². The summed E-state index contributed by atoms with van der Waals surface area (Å²) < 4.78 is 10.8. The number of benzene rings is 2. The maximum absolute atomic E-state index is 12.3. The van der Waals surface area contributed by atoms with Gasteiger partial charge in [0.2, 0.25) is 5.91 Å². The van der Waals surface area contributed by atoms with E-state index in [0.717, 1.165) is 17.2 Å². The number of aryl methyl sites for hydroxylation is 1. The number of carbonyl (C=O) groups excluding carboxylic acids is 2. The molecule has 30 heavy (non-hydrogen) atoms. The van der Waals surface area contributed by atoms with E-state index in [2.05, 4.69) is 10.3 Å². The highest BCUT2D eigenvalue weighted by Crippen LogP contribution is 2.17. The van der Waals surface area contributed by atoms with Gasteiger partial charge in [-0.05, 0) is 49.7 Å². The second kappa shape index (κ2) is 10.5. The Morgan fingerprint density at radius 1 is 1.07 bits per heavy atom. The smallest absolute Gasteiger partial charge is 0.338 e.